The minimum absolute atomic E-state index is 0.542. The molecule has 1 aliphatic rings. The van der Waals surface area contributed by atoms with Gasteiger partial charge in [-0.2, -0.15) is 0 Å². The zero-order valence-corrected chi connectivity index (χ0v) is 12.4. The summed E-state index contributed by atoms with van der Waals surface area (Å²) in [6, 6.07) is 18.9. The Hall–Kier alpha value is -1.36. The number of hydrogen-bond donors (Lipinski definition) is 0. The van der Waals surface area contributed by atoms with Crippen molar-refractivity contribution in [3.63, 3.8) is 0 Å². The second kappa shape index (κ2) is 5.10. The van der Waals surface area contributed by atoms with Gasteiger partial charge in [0.05, 0.1) is 0 Å². The van der Waals surface area contributed by atoms with Crippen molar-refractivity contribution in [1.82, 2.24) is 0 Å². The minimum atomic E-state index is -0.542. The molecule has 0 spiro atoms. The monoisotopic (exact) mass is 351 g/mol. The summed E-state index contributed by atoms with van der Waals surface area (Å²) >= 11 is -0.542. The first-order chi connectivity index (χ1) is 8.84. The number of allylic oxidation sites excluding steroid dienone is 1. The topological polar surface area (TPSA) is 9.23 Å². The van der Waals surface area contributed by atoms with Gasteiger partial charge in [0.1, 0.15) is 0 Å². The first-order valence-corrected chi connectivity index (χ1v) is 8.01. The standard InChI is InChI=1S/C16H13OTe/c1-12-7-5-6-10-14(12)15-11-16(18-17-15)13-8-3-2-4-9-13/h2-11H,1H3. The van der Waals surface area contributed by atoms with Crippen LogP contribution in [0.4, 0.5) is 0 Å². The van der Waals surface area contributed by atoms with Crippen molar-refractivity contribution >= 4 is 30.2 Å². The van der Waals surface area contributed by atoms with Crippen LogP contribution in [-0.2, 0) is 3.10 Å². The van der Waals surface area contributed by atoms with Gasteiger partial charge in [0.15, 0.2) is 0 Å². The molecule has 0 unspecified atom stereocenters. The Labute approximate surface area is 117 Å². The fraction of sp³-hybridized carbons (Fsp3) is 0.0625. The molecule has 0 aromatic heterocycles. The molecule has 3 rings (SSSR count). The Bertz CT molecular complexity index is 627. The molecule has 18 heavy (non-hydrogen) atoms. The van der Waals surface area contributed by atoms with Crippen molar-refractivity contribution in [2.45, 2.75) is 6.92 Å². The molecule has 0 atom stereocenters. The van der Waals surface area contributed by atoms with Crippen LogP contribution in [0.5, 0.6) is 0 Å². The molecule has 2 heteroatoms. The van der Waals surface area contributed by atoms with Crippen LogP contribution in [0.25, 0.3) is 5.76 Å². The number of benzene rings is 2. The molecule has 2 aromatic carbocycles. The van der Waals surface area contributed by atoms with Crippen LogP contribution in [0.15, 0.2) is 60.7 Å². The first kappa shape index (κ1) is 11.7. The third-order valence-corrected chi connectivity index (χ3v) is 5.22. The maximum absolute atomic E-state index is 5.94. The van der Waals surface area contributed by atoms with Crippen LogP contribution in [0.3, 0.4) is 0 Å². The number of aryl methyl sites for hydroxylation is 1. The summed E-state index contributed by atoms with van der Waals surface area (Å²) in [5.74, 6) is 1.04. The van der Waals surface area contributed by atoms with Crippen LogP contribution in [0.2, 0.25) is 0 Å². The SMILES string of the molecule is Cc1ccccc1C1=CC(c2ccccc2)=[Te]O1. The van der Waals surface area contributed by atoms with E-state index < -0.39 is 20.9 Å². The van der Waals surface area contributed by atoms with Gasteiger partial charge in [-0.15, -0.1) is 0 Å². The fourth-order valence-electron chi connectivity index (χ4n) is 1.96. The summed E-state index contributed by atoms with van der Waals surface area (Å²) in [7, 11) is 0. The summed E-state index contributed by atoms with van der Waals surface area (Å²) in [5, 5.41) is 0. The van der Waals surface area contributed by atoms with Gasteiger partial charge in [-0.3, -0.25) is 0 Å². The molecule has 1 radical (unpaired) electrons. The Balaban J connectivity index is 1.94. The van der Waals surface area contributed by atoms with E-state index >= 15 is 0 Å². The molecule has 1 nitrogen and oxygen atoms in total. The van der Waals surface area contributed by atoms with Crippen molar-refractivity contribution in [1.29, 1.82) is 0 Å². The average molecular weight is 349 g/mol. The van der Waals surface area contributed by atoms with Crippen molar-refractivity contribution in [3.8, 4) is 0 Å². The first-order valence-electron chi connectivity index (χ1n) is 5.89. The molecule has 89 valence electrons. The van der Waals surface area contributed by atoms with Crippen LogP contribution in [0, 0.1) is 6.92 Å². The fourth-order valence-corrected chi connectivity index (χ4v) is 3.97. The number of rotatable bonds is 2. The predicted octanol–water partition coefficient (Wildman–Crippen LogP) is 3.21. The maximum atomic E-state index is 5.94. The summed E-state index contributed by atoms with van der Waals surface area (Å²) in [6.45, 7) is 2.13. The van der Waals surface area contributed by atoms with Crippen LogP contribution in [-0.4, -0.2) is 24.4 Å². The van der Waals surface area contributed by atoms with E-state index in [1.165, 1.54) is 20.2 Å². The summed E-state index contributed by atoms with van der Waals surface area (Å²) in [4.78, 5) is 0. The molecule has 0 N–H and O–H groups in total. The van der Waals surface area contributed by atoms with Gasteiger partial charge >= 0.3 is 118 Å². The molecular formula is C16H13OTe. The van der Waals surface area contributed by atoms with E-state index in [1.807, 2.05) is 6.07 Å². The van der Waals surface area contributed by atoms with Gasteiger partial charge < -0.3 is 0 Å². The molecule has 0 aliphatic carbocycles. The zero-order valence-electron chi connectivity index (χ0n) is 10.1. The third kappa shape index (κ3) is 2.27. The zero-order chi connectivity index (χ0) is 12.4. The van der Waals surface area contributed by atoms with E-state index in [0.29, 0.717) is 0 Å². The molecule has 0 fully saturated rings. The molecule has 0 bridgehead atoms. The van der Waals surface area contributed by atoms with Crippen molar-refractivity contribution < 1.29 is 3.10 Å². The summed E-state index contributed by atoms with van der Waals surface area (Å²) in [5.41, 5.74) is 3.78. The molecule has 0 amide bonds. The molecule has 1 heterocycles. The van der Waals surface area contributed by atoms with Crippen molar-refractivity contribution in [3.05, 3.63) is 77.4 Å². The van der Waals surface area contributed by atoms with E-state index in [-0.39, 0.29) is 0 Å². The molecule has 0 saturated heterocycles. The molecule has 2 aromatic rings. The summed E-state index contributed by atoms with van der Waals surface area (Å²) < 4.78 is 7.32. The molecular weight excluding hydrogens is 336 g/mol. The quantitative estimate of drug-likeness (QED) is 0.757. The van der Waals surface area contributed by atoms with E-state index in [0.717, 1.165) is 5.76 Å². The second-order valence-electron chi connectivity index (χ2n) is 4.22. The van der Waals surface area contributed by atoms with Crippen LogP contribution >= 0.6 is 0 Å². The summed E-state index contributed by atoms with van der Waals surface area (Å²) in [6.07, 6.45) is 2.21. The van der Waals surface area contributed by atoms with Crippen molar-refractivity contribution in [2.75, 3.05) is 0 Å². The second-order valence-corrected chi connectivity index (χ2v) is 6.43. The van der Waals surface area contributed by atoms with Crippen molar-refractivity contribution in [2.24, 2.45) is 0 Å². The van der Waals surface area contributed by atoms with E-state index in [2.05, 4.69) is 61.5 Å². The van der Waals surface area contributed by atoms with Gasteiger partial charge in [-0.25, -0.2) is 0 Å². The van der Waals surface area contributed by atoms with Gasteiger partial charge in [-0.05, 0) is 0 Å². The van der Waals surface area contributed by atoms with Crippen LogP contribution < -0.4 is 0 Å². The van der Waals surface area contributed by atoms with Gasteiger partial charge in [0.25, 0.3) is 0 Å². The molecule has 0 saturated carbocycles. The van der Waals surface area contributed by atoms with Gasteiger partial charge in [-0.1, -0.05) is 0 Å². The Morgan fingerprint density at radius 3 is 2.39 bits per heavy atom. The normalized spacial score (nSPS) is 13.8. The Morgan fingerprint density at radius 2 is 1.61 bits per heavy atom. The van der Waals surface area contributed by atoms with Gasteiger partial charge in [0.2, 0.25) is 0 Å². The van der Waals surface area contributed by atoms with E-state index in [1.54, 1.807) is 0 Å². The third-order valence-electron chi connectivity index (χ3n) is 2.95. The van der Waals surface area contributed by atoms with Crippen LogP contribution in [0.1, 0.15) is 16.7 Å². The average Bonchev–Trinajstić information content (AvgIpc) is 2.90. The Kier molecular flexibility index (Phi) is 3.32. The predicted molar refractivity (Wildman–Crippen MR) is 76.5 cm³/mol. The molecule has 1 aliphatic heterocycles. The van der Waals surface area contributed by atoms with E-state index in [4.69, 9.17) is 3.10 Å². The number of hydrogen-bond acceptors (Lipinski definition) is 1. The van der Waals surface area contributed by atoms with Gasteiger partial charge in [0, 0.05) is 0 Å². The Morgan fingerprint density at radius 1 is 0.889 bits per heavy atom. The van der Waals surface area contributed by atoms with E-state index in [9.17, 15) is 0 Å².